The van der Waals surface area contributed by atoms with Crippen LogP contribution in [-0.2, 0) is 11.3 Å². The quantitative estimate of drug-likeness (QED) is 0.712. The smallest absolute Gasteiger partial charge is 0.254 e. The van der Waals surface area contributed by atoms with E-state index in [1.54, 1.807) is 28.0 Å². The molecule has 7 heteroatoms. The molecule has 1 aliphatic rings. The Bertz CT molecular complexity index is 912. The Kier molecular flexibility index (Phi) is 4.93. The van der Waals surface area contributed by atoms with Crippen LogP contribution in [0.25, 0.3) is 0 Å². The fourth-order valence-electron chi connectivity index (χ4n) is 3.28. The summed E-state index contributed by atoms with van der Waals surface area (Å²) in [6, 6.07) is 13.5. The third-order valence-corrected chi connectivity index (χ3v) is 4.63. The van der Waals surface area contributed by atoms with Crippen LogP contribution in [-0.4, -0.2) is 45.3 Å². The molecule has 1 aromatic heterocycles. The van der Waals surface area contributed by atoms with E-state index >= 15 is 0 Å². The first-order valence-corrected chi connectivity index (χ1v) is 8.76. The number of aromatic nitrogens is 3. The van der Waals surface area contributed by atoms with Gasteiger partial charge in [-0.15, -0.1) is 0 Å². The molecule has 2 heterocycles. The summed E-state index contributed by atoms with van der Waals surface area (Å²) in [5.74, 6) is -0.359. The van der Waals surface area contributed by atoms with Gasteiger partial charge in [0, 0.05) is 12.1 Å². The maximum atomic E-state index is 13.3. The molecule has 1 aliphatic heterocycles. The van der Waals surface area contributed by atoms with E-state index in [1.807, 2.05) is 24.3 Å². The molecule has 27 heavy (non-hydrogen) atoms. The number of halogens is 1. The molecular formula is C20H19FN4O2. The summed E-state index contributed by atoms with van der Waals surface area (Å²) in [5, 5.41) is 4.10. The van der Waals surface area contributed by atoms with Crippen LogP contribution in [0.5, 0.6) is 0 Å². The third-order valence-electron chi connectivity index (χ3n) is 4.63. The van der Waals surface area contributed by atoms with Gasteiger partial charge in [-0.3, -0.25) is 4.79 Å². The molecule has 1 fully saturated rings. The fourth-order valence-corrected chi connectivity index (χ4v) is 3.28. The van der Waals surface area contributed by atoms with Gasteiger partial charge in [0.1, 0.15) is 18.5 Å². The zero-order valence-electron chi connectivity index (χ0n) is 14.7. The molecule has 0 spiro atoms. The van der Waals surface area contributed by atoms with Crippen LogP contribution in [0.4, 0.5) is 4.39 Å². The normalized spacial score (nSPS) is 17.1. The van der Waals surface area contributed by atoms with Gasteiger partial charge in [-0.1, -0.05) is 24.3 Å². The van der Waals surface area contributed by atoms with Crippen LogP contribution in [0, 0.1) is 5.82 Å². The second-order valence-corrected chi connectivity index (χ2v) is 6.43. The molecule has 3 aromatic rings. The van der Waals surface area contributed by atoms with Gasteiger partial charge in [0.05, 0.1) is 25.8 Å². The summed E-state index contributed by atoms with van der Waals surface area (Å²) in [4.78, 5) is 18.9. The van der Waals surface area contributed by atoms with Crippen LogP contribution in [0.2, 0.25) is 0 Å². The van der Waals surface area contributed by atoms with Crippen molar-refractivity contribution in [1.29, 1.82) is 0 Å². The topological polar surface area (TPSA) is 60.2 Å². The first-order chi connectivity index (χ1) is 13.2. The first kappa shape index (κ1) is 17.4. The van der Waals surface area contributed by atoms with Gasteiger partial charge in [-0.25, -0.2) is 14.1 Å². The van der Waals surface area contributed by atoms with Crippen molar-refractivity contribution >= 4 is 5.91 Å². The number of rotatable bonds is 4. The average Bonchev–Trinajstić information content (AvgIpc) is 3.21. The molecule has 1 amide bonds. The lowest BCUT2D eigenvalue weighted by Crippen LogP contribution is -2.43. The lowest BCUT2D eigenvalue weighted by molar-refractivity contribution is -0.00271. The molecule has 2 aromatic carbocycles. The molecule has 6 nitrogen and oxygen atoms in total. The molecule has 138 valence electrons. The van der Waals surface area contributed by atoms with E-state index in [0.29, 0.717) is 31.9 Å². The van der Waals surface area contributed by atoms with Crippen molar-refractivity contribution in [2.24, 2.45) is 0 Å². The summed E-state index contributed by atoms with van der Waals surface area (Å²) in [6.07, 6.45) is 3.12. The molecule has 1 atom stereocenters. The standard InChI is InChI=1S/C20H19FN4O2/c21-18-6-4-16(5-7-18)19-12-27-9-8-25(19)20(26)17-3-1-2-15(10-17)11-24-14-22-13-23-24/h1-7,10,13-14,19H,8-9,11-12H2. The number of nitrogens with zero attached hydrogens (tertiary/aromatic N) is 4. The SMILES string of the molecule is O=C(c1cccc(Cn2cncn2)c1)N1CCOCC1c1ccc(F)cc1. The number of benzene rings is 2. The van der Waals surface area contributed by atoms with Crippen molar-refractivity contribution in [2.45, 2.75) is 12.6 Å². The van der Waals surface area contributed by atoms with Gasteiger partial charge in [0.25, 0.3) is 5.91 Å². The van der Waals surface area contributed by atoms with Crippen molar-refractivity contribution in [3.8, 4) is 0 Å². The highest BCUT2D eigenvalue weighted by molar-refractivity contribution is 5.94. The predicted octanol–water partition coefficient (Wildman–Crippen LogP) is 2.68. The maximum absolute atomic E-state index is 13.3. The Morgan fingerprint density at radius 3 is 2.85 bits per heavy atom. The Hall–Kier alpha value is -3.06. The first-order valence-electron chi connectivity index (χ1n) is 8.76. The highest BCUT2D eigenvalue weighted by atomic mass is 19.1. The van der Waals surface area contributed by atoms with Gasteiger partial charge in [0.15, 0.2) is 0 Å². The largest absolute Gasteiger partial charge is 0.377 e. The van der Waals surface area contributed by atoms with E-state index in [0.717, 1.165) is 11.1 Å². The third kappa shape index (κ3) is 3.88. The Morgan fingerprint density at radius 1 is 1.22 bits per heavy atom. The van der Waals surface area contributed by atoms with Gasteiger partial charge in [0.2, 0.25) is 0 Å². The van der Waals surface area contributed by atoms with Crippen molar-refractivity contribution in [3.63, 3.8) is 0 Å². The molecular weight excluding hydrogens is 347 g/mol. The zero-order chi connectivity index (χ0) is 18.6. The van der Waals surface area contributed by atoms with Crippen LogP contribution in [0.15, 0.2) is 61.2 Å². The molecule has 1 saturated heterocycles. The number of morpholine rings is 1. The minimum absolute atomic E-state index is 0.0620. The van der Waals surface area contributed by atoms with Gasteiger partial charge in [-0.2, -0.15) is 5.10 Å². The highest BCUT2D eigenvalue weighted by Gasteiger charge is 2.29. The molecule has 0 radical (unpaired) electrons. The fraction of sp³-hybridized carbons (Fsp3) is 0.250. The summed E-state index contributed by atoms with van der Waals surface area (Å²) in [7, 11) is 0. The predicted molar refractivity (Wildman–Crippen MR) is 96.6 cm³/mol. The lowest BCUT2D eigenvalue weighted by Gasteiger charge is -2.36. The zero-order valence-corrected chi connectivity index (χ0v) is 14.7. The Morgan fingerprint density at radius 2 is 2.07 bits per heavy atom. The number of ether oxygens (including phenoxy) is 1. The number of hydrogen-bond donors (Lipinski definition) is 0. The Labute approximate surface area is 156 Å². The maximum Gasteiger partial charge on any atom is 0.254 e. The van der Waals surface area contributed by atoms with E-state index in [2.05, 4.69) is 10.1 Å². The highest BCUT2D eigenvalue weighted by Crippen LogP contribution is 2.26. The molecule has 0 N–H and O–H groups in total. The van der Waals surface area contributed by atoms with Crippen LogP contribution in [0.3, 0.4) is 0 Å². The van der Waals surface area contributed by atoms with Gasteiger partial charge < -0.3 is 9.64 Å². The lowest BCUT2D eigenvalue weighted by atomic mass is 10.0. The van der Waals surface area contributed by atoms with E-state index < -0.39 is 0 Å². The van der Waals surface area contributed by atoms with Crippen molar-refractivity contribution in [3.05, 3.63) is 83.7 Å². The van der Waals surface area contributed by atoms with Gasteiger partial charge >= 0.3 is 0 Å². The summed E-state index contributed by atoms with van der Waals surface area (Å²) < 4.78 is 20.5. The van der Waals surface area contributed by atoms with Crippen LogP contribution < -0.4 is 0 Å². The van der Waals surface area contributed by atoms with E-state index in [1.165, 1.54) is 18.5 Å². The van der Waals surface area contributed by atoms with Crippen molar-refractivity contribution < 1.29 is 13.9 Å². The second kappa shape index (κ2) is 7.67. The molecule has 0 aliphatic carbocycles. The van der Waals surface area contributed by atoms with Crippen LogP contribution >= 0.6 is 0 Å². The average molecular weight is 366 g/mol. The second-order valence-electron chi connectivity index (χ2n) is 6.43. The molecule has 0 saturated carbocycles. The minimum Gasteiger partial charge on any atom is -0.377 e. The number of carbonyl (C=O) groups excluding carboxylic acids is 1. The number of hydrogen-bond acceptors (Lipinski definition) is 4. The van der Waals surface area contributed by atoms with Gasteiger partial charge in [-0.05, 0) is 35.4 Å². The molecule has 0 bridgehead atoms. The van der Waals surface area contributed by atoms with E-state index in [9.17, 15) is 9.18 Å². The van der Waals surface area contributed by atoms with E-state index in [4.69, 9.17) is 4.74 Å². The molecule has 1 unspecified atom stereocenters. The van der Waals surface area contributed by atoms with E-state index in [-0.39, 0.29) is 17.8 Å². The number of carbonyl (C=O) groups is 1. The number of amides is 1. The van der Waals surface area contributed by atoms with Crippen molar-refractivity contribution in [2.75, 3.05) is 19.8 Å². The molecule has 4 rings (SSSR count). The monoisotopic (exact) mass is 366 g/mol. The summed E-state index contributed by atoms with van der Waals surface area (Å²) in [5.41, 5.74) is 2.45. The minimum atomic E-state index is -0.297. The van der Waals surface area contributed by atoms with Crippen LogP contribution in [0.1, 0.15) is 27.5 Å². The summed E-state index contributed by atoms with van der Waals surface area (Å²) >= 11 is 0. The summed E-state index contributed by atoms with van der Waals surface area (Å²) in [6.45, 7) is 1.93. The Balaban J connectivity index is 1.57. The van der Waals surface area contributed by atoms with Crippen molar-refractivity contribution in [1.82, 2.24) is 19.7 Å².